The highest BCUT2D eigenvalue weighted by Gasteiger charge is 2.23. The van der Waals surface area contributed by atoms with Crippen molar-refractivity contribution in [2.45, 2.75) is 18.9 Å². The van der Waals surface area contributed by atoms with Crippen LogP contribution in [0, 0.1) is 0 Å². The van der Waals surface area contributed by atoms with E-state index < -0.39 is 0 Å². The minimum Gasteiger partial charge on any atom is -0.381 e. The molecule has 1 amide bonds. The minimum absolute atomic E-state index is 0.0736. The minimum atomic E-state index is 0.0736. The summed E-state index contributed by atoms with van der Waals surface area (Å²) in [5.74, 6) is 0.0736. The van der Waals surface area contributed by atoms with Gasteiger partial charge in [-0.3, -0.25) is 4.79 Å². The summed E-state index contributed by atoms with van der Waals surface area (Å²) in [5, 5.41) is 0. The first kappa shape index (κ1) is 12.5. The molecule has 1 aliphatic rings. The molecule has 0 spiro atoms. The lowest BCUT2D eigenvalue weighted by molar-refractivity contribution is 0.0351. The van der Waals surface area contributed by atoms with Gasteiger partial charge < -0.3 is 9.64 Å². The first-order valence-corrected chi connectivity index (χ1v) is 7.05. The molecule has 1 saturated heterocycles. The lowest BCUT2D eigenvalue weighted by Gasteiger charge is -2.31. The Balaban J connectivity index is 1.76. The van der Waals surface area contributed by atoms with Crippen LogP contribution in [0.15, 0.2) is 18.2 Å². The molecule has 1 aromatic heterocycles. The van der Waals surface area contributed by atoms with Crippen molar-refractivity contribution in [1.82, 2.24) is 13.6 Å². The normalized spacial score (nSPS) is 17.0. The molecular formula is C13H15N3O2S. The third kappa shape index (κ3) is 2.46. The number of methoxy groups -OCH3 is 1. The van der Waals surface area contributed by atoms with E-state index in [1.807, 2.05) is 23.1 Å². The molecule has 0 aliphatic carbocycles. The molecule has 0 bridgehead atoms. The van der Waals surface area contributed by atoms with Crippen molar-refractivity contribution < 1.29 is 9.53 Å². The summed E-state index contributed by atoms with van der Waals surface area (Å²) in [6.07, 6.45) is 2.10. The van der Waals surface area contributed by atoms with Crippen LogP contribution in [0.3, 0.4) is 0 Å². The molecule has 0 radical (unpaired) electrons. The fourth-order valence-corrected chi connectivity index (χ4v) is 2.91. The highest BCUT2D eigenvalue weighted by Crippen LogP contribution is 2.18. The number of ether oxygens (including phenoxy) is 1. The van der Waals surface area contributed by atoms with Crippen molar-refractivity contribution in [1.29, 1.82) is 0 Å². The molecule has 2 aromatic rings. The number of fused-ring (bicyclic) bond motifs is 1. The van der Waals surface area contributed by atoms with E-state index in [2.05, 4.69) is 8.75 Å². The highest BCUT2D eigenvalue weighted by molar-refractivity contribution is 7.00. The first-order chi connectivity index (χ1) is 9.28. The van der Waals surface area contributed by atoms with Crippen LogP contribution in [0.4, 0.5) is 0 Å². The van der Waals surface area contributed by atoms with E-state index >= 15 is 0 Å². The van der Waals surface area contributed by atoms with Crippen LogP contribution in [-0.4, -0.2) is 45.9 Å². The number of benzene rings is 1. The van der Waals surface area contributed by atoms with Crippen LogP contribution in [0.25, 0.3) is 11.0 Å². The highest BCUT2D eigenvalue weighted by atomic mass is 32.1. The standard InChI is InChI=1S/C13H15N3O2S/c1-18-10-4-6-16(7-5-10)13(17)9-2-3-11-12(8-9)15-19-14-11/h2-3,8,10H,4-7H2,1H3. The van der Waals surface area contributed by atoms with Crippen molar-refractivity contribution in [3.63, 3.8) is 0 Å². The van der Waals surface area contributed by atoms with Crippen molar-refractivity contribution in [2.24, 2.45) is 0 Å². The van der Waals surface area contributed by atoms with Crippen LogP contribution < -0.4 is 0 Å². The van der Waals surface area contributed by atoms with E-state index in [1.165, 1.54) is 11.7 Å². The Hall–Kier alpha value is -1.53. The third-order valence-corrected chi connectivity index (χ3v) is 4.12. The summed E-state index contributed by atoms with van der Waals surface area (Å²) < 4.78 is 13.6. The number of aromatic nitrogens is 2. The number of piperidine rings is 1. The molecule has 0 atom stereocenters. The Morgan fingerprint density at radius 2 is 2.05 bits per heavy atom. The quantitative estimate of drug-likeness (QED) is 0.842. The molecule has 2 heterocycles. The average molecular weight is 277 g/mol. The zero-order valence-electron chi connectivity index (χ0n) is 10.7. The molecule has 19 heavy (non-hydrogen) atoms. The van der Waals surface area contributed by atoms with Gasteiger partial charge in [-0.2, -0.15) is 8.75 Å². The van der Waals surface area contributed by atoms with Crippen LogP contribution in [0.2, 0.25) is 0 Å². The van der Waals surface area contributed by atoms with Gasteiger partial charge in [-0.25, -0.2) is 0 Å². The molecule has 6 heteroatoms. The fraction of sp³-hybridized carbons (Fsp3) is 0.462. The van der Waals surface area contributed by atoms with Gasteiger partial charge in [-0.05, 0) is 31.0 Å². The number of rotatable bonds is 2. The number of carbonyl (C=O) groups excluding carboxylic acids is 1. The van der Waals surface area contributed by atoms with Crippen LogP contribution in [-0.2, 0) is 4.74 Å². The summed E-state index contributed by atoms with van der Waals surface area (Å²) >= 11 is 1.17. The van der Waals surface area contributed by atoms with Gasteiger partial charge in [-0.15, -0.1) is 0 Å². The molecule has 1 aromatic carbocycles. The zero-order chi connectivity index (χ0) is 13.2. The average Bonchev–Trinajstić information content (AvgIpc) is 2.94. The maximum atomic E-state index is 12.4. The molecule has 3 rings (SSSR count). The number of hydrogen-bond acceptors (Lipinski definition) is 5. The number of carbonyl (C=O) groups is 1. The van der Waals surface area contributed by atoms with Crippen LogP contribution in [0.1, 0.15) is 23.2 Å². The fourth-order valence-electron chi connectivity index (χ4n) is 2.39. The van der Waals surface area contributed by atoms with Crippen molar-refractivity contribution in [3.05, 3.63) is 23.8 Å². The van der Waals surface area contributed by atoms with Gasteiger partial charge in [-0.1, -0.05) is 0 Å². The number of nitrogens with zero attached hydrogens (tertiary/aromatic N) is 3. The molecule has 1 aliphatic heterocycles. The Kier molecular flexibility index (Phi) is 3.44. The van der Waals surface area contributed by atoms with E-state index in [9.17, 15) is 4.79 Å². The predicted molar refractivity (Wildman–Crippen MR) is 73.3 cm³/mol. The van der Waals surface area contributed by atoms with Crippen LogP contribution >= 0.6 is 11.7 Å². The van der Waals surface area contributed by atoms with E-state index in [4.69, 9.17) is 4.74 Å². The monoisotopic (exact) mass is 277 g/mol. The van der Waals surface area contributed by atoms with Gasteiger partial charge in [0.05, 0.1) is 17.8 Å². The number of amides is 1. The van der Waals surface area contributed by atoms with Gasteiger partial charge in [0.15, 0.2) is 0 Å². The second-order valence-electron chi connectivity index (χ2n) is 4.69. The maximum Gasteiger partial charge on any atom is 0.253 e. The lowest BCUT2D eigenvalue weighted by atomic mass is 10.1. The molecule has 0 saturated carbocycles. The smallest absolute Gasteiger partial charge is 0.253 e. The van der Waals surface area contributed by atoms with Crippen molar-refractivity contribution >= 4 is 28.7 Å². The van der Waals surface area contributed by atoms with E-state index in [-0.39, 0.29) is 12.0 Å². The van der Waals surface area contributed by atoms with E-state index in [0.29, 0.717) is 5.56 Å². The Labute approximate surface area is 115 Å². The first-order valence-electron chi connectivity index (χ1n) is 6.32. The molecule has 0 unspecified atom stereocenters. The van der Waals surface area contributed by atoms with Gasteiger partial charge >= 0.3 is 0 Å². The summed E-state index contributed by atoms with van der Waals surface area (Å²) in [4.78, 5) is 14.3. The Morgan fingerprint density at radius 1 is 1.32 bits per heavy atom. The second kappa shape index (κ2) is 5.22. The van der Waals surface area contributed by atoms with Crippen molar-refractivity contribution in [2.75, 3.05) is 20.2 Å². The SMILES string of the molecule is COC1CCN(C(=O)c2ccc3nsnc3c2)CC1. The Bertz CT molecular complexity index is 590. The van der Waals surface area contributed by atoms with Gasteiger partial charge in [0.2, 0.25) is 0 Å². The summed E-state index contributed by atoms with van der Waals surface area (Å²) in [5.41, 5.74) is 2.33. The topological polar surface area (TPSA) is 55.3 Å². The molecular weight excluding hydrogens is 262 g/mol. The molecule has 1 fully saturated rings. The predicted octanol–water partition coefficient (Wildman–Crippen LogP) is 1.94. The van der Waals surface area contributed by atoms with Crippen molar-refractivity contribution in [3.8, 4) is 0 Å². The van der Waals surface area contributed by atoms with Crippen LogP contribution in [0.5, 0.6) is 0 Å². The van der Waals surface area contributed by atoms with E-state index in [0.717, 1.165) is 37.0 Å². The molecule has 100 valence electrons. The van der Waals surface area contributed by atoms with Gasteiger partial charge in [0.1, 0.15) is 11.0 Å². The van der Waals surface area contributed by atoms with Gasteiger partial charge in [0.25, 0.3) is 5.91 Å². The number of hydrogen-bond donors (Lipinski definition) is 0. The summed E-state index contributed by atoms with van der Waals surface area (Å²) in [7, 11) is 1.73. The largest absolute Gasteiger partial charge is 0.381 e. The maximum absolute atomic E-state index is 12.4. The molecule has 5 nitrogen and oxygen atoms in total. The summed E-state index contributed by atoms with van der Waals surface area (Å²) in [6, 6.07) is 5.51. The second-order valence-corrected chi connectivity index (χ2v) is 5.22. The number of likely N-dealkylation sites (tertiary alicyclic amines) is 1. The molecule has 0 N–H and O–H groups in total. The summed E-state index contributed by atoms with van der Waals surface area (Å²) in [6.45, 7) is 1.51. The zero-order valence-corrected chi connectivity index (χ0v) is 11.5. The third-order valence-electron chi connectivity index (χ3n) is 3.56. The lowest BCUT2D eigenvalue weighted by Crippen LogP contribution is -2.40. The Morgan fingerprint density at radius 3 is 2.79 bits per heavy atom. The van der Waals surface area contributed by atoms with Gasteiger partial charge in [0, 0.05) is 25.8 Å². The van der Waals surface area contributed by atoms with E-state index in [1.54, 1.807) is 7.11 Å².